The van der Waals surface area contributed by atoms with Gasteiger partial charge in [-0.15, -0.1) is 0 Å². The third-order valence-electron chi connectivity index (χ3n) is 2.08. The summed E-state index contributed by atoms with van der Waals surface area (Å²) in [5.74, 6) is 0.874. The standard InChI is InChI=1S/C12H8Cl2N2OS/c13-8-4-9(14)6-10(5-8)17-11-3-7(12(15)18)1-2-16-11/h1-6H,(H2,15,18). The van der Waals surface area contributed by atoms with Gasteiger partial charge in [-0.3, -0.25) is 0 Å². The molecule has 0 amide bonds. The maximum Gasteiger partial charge on any atom is 0.219 e. The molecule has 1 aromatic heterocycles. The number of hydrogen-bond acceptors (Lipinski definition) is 3. The summed E-state index contributed by atoms with van der Waals surface area (Å²) in [4.78, 5) is 4.34. The summed E-state index contributed by atoms with van der Waals surface area (Å²) in [6.45, 7) is 0. The van der Waals surface area contributed by atoms with Crippen LogP contribution in [0.4, 0.5) is 0 Å². The van der Waals surface area contributed by atoms with Gasteiger partial charge >= 0.3 is 0 Å². The minimum Gasteiger partial charge on any atom is -0.439 e. The lowest BCUT2D eigenvalue weighted by Gasteiger charge is -2.06. The minimum absolute atomic E-state index is 0.284. The molecule has 0 bridgehead atoms. The molecular weight excluding hydrogens is 291 g/mol. The highest BCUT2D eigenvalue weighted by atomic mass is 35.5. The molecule has 6 heteroatoms. The molecule has 92 valence electrons. The lowest BCUT2D eigenvalue weighted by molar-refractivity contribution is 0.463. The van der Waals surface area contributed by atoms with Gasteiger partial charge in [-0.1, -0.05) is 35.4 Å². The Morgan fingerprint density at radius 2 is 1.83 bits per heavy atom. The molecule has 0 aliphatic heterocycles. The largest absolute Gasteiger partial charge is 0.439 e. The van der Waals surface area contributed by atoms with Gasteiger partial charge in [0.15, 0.2) is 0 Å². The number of rotatable bonds is 3. The van der Waals surface area contributed by atoms with Crippen molar-refractivity contribution < 1.29 is 4.74 Å². The van der Waals surface area contributed by atoms with E-state index in [1.165, 1.54) is 0 Å². The number of hydrogen-bond donors (Lipinski definition) is 1. The van der Waals surface area contributed by atoms with Gasteiger partial charge in [0.25, 0.3) is 0 Å². The average Bonchev–Trinajstić information content (AvgIpc) is 2.27. The number of benzene rings is 1. The number of nitrogens with zero attached hydrogens (tertiary/aromatic N) is 1. The molecule has 1 aromatic carbocycles. The van der Waals surface area contributed by atoms with E-state index >= 15 is 0 Å². The second-order valence-electron chi connectivity index (χ2n) is 3.45. The summed E-state index contributed by atoms with van der Waals surface area (Å²) in [5.41, 5.74) is 6.21. The summed E-state index contributed by atoms with van der Waals surface area (Å²) in [7, 11) is 0. The van der Waals surface area contributed by atoms with Gasteiger partial charge in [0.2, 0.25) is 5.88 Å². The first-order valence-electron chi connectivity index (χ1n) is 4.94. The van der Waals surface area contributed by atoms with Gasteiger partial charge in [0.05, 0.1) is 0 Å². The van der Waals surface area contributed by atoms with E-state index in [2.05, 4.69) is 4.98 Å². The number of halogens is 2. The van der Waals surface area contributed by atoms with Crippen molar-refractivity contribution in [2.24, 2.45) is 5.73 Å². The van der Waals surface area contributed by atoms with Crippen LogP contribution in [0.3, 0.4) is 0 Å². The van der Waals surface area contributed by atoms with E-state index < -0.39 is 0 Å². The van der Waals surface area contributed by atoms with Gasteiger partial charge < -0.3 is 10.5 Å². The van der Waals surface area contributed by atoms with E-state index in [-0.39, 0.29) is 4.99 Å². The first-order chi connectivity index (χ1) is 8.54. The number of pyridine rings is 1. The van der Waals surface area contributed by atoms with Crippen molar-refractivity contribution in [2.45, 2.75) is 0 Å². The minimum atomic E-state index is 0.284. The van der Waals surface area contributed by atoms with Crippen LogP contribution in [0.15, 0.2) is 36.5 Å². The van der Waals surface area contributed by atoms with Crippen LogP contribution in [-0.4, -0.2) is 9.97 Å². The van der Waals surface area contributed by atoms with Crippen LogP contribution in [0.1, 0.15) is 5.56 Å². The Balaban J connectivity index is 2.28. The highest BCUT2D eigenvalue weighted by Gasteiger charge is 2.04. The molecule has 0 spiro atoms. The van der Waals surface area contributed by atoms with Gasteiger partial charge in [-0.05, 0) is 24.3 Å². The Morgan fingerprint density at radius 1 is 1.17 bits per heavy atom. The molecule has 0 fully saturated rings. The fraction of sp³-hybridized carbons (Fsp3) is 0. The van der Waals surface area contributed by atoms with E-state index in [9.17, 15) is 0 Å². The Hall–Kier alpha value is -1.36. The number of nitrogens with two attached hydrogens (primary N) is 1. The summed E-state index contributed by atoms with van der Waals surface area (Å²) in [6, 6.07) is 8.26. The van der Waals surface area contributed by atoms with Crippen molar-refractivity contribution >= 4 is 40.4 Å². The van der Waals surface area contributed by atoms with Crippen molar-refractivity contribution in [1.82, 2.24) is 4.98 Å². The lowest BCUT2D eigenvalue weighted by atomic mass is 10.3. The molecular formula is C12H8Cl2N2OS. The summed E-state index contributed by atoms with van der Waals surface area (Å²) >= 11 is 16.6. The predicted octanol–water partition coefficient (Wildman–Crippen LogP) is 3.81. The summed E-state index contributed by atoms with van der Waals surface area (Å²) in [6.07, 6.45) is 1.57. The predicted molar refractivity (Wildman–Crippen MR) is 76.7 cm³/mol. The van der Waals surface area contributed by atoms with Crippen molar-refractivity contribution in [3.63, 3.8) is 0 Å². The summed E-state index contributed by atoms with van der Waals surface area (Å²) in [5, 5.41) is 0.978. The second-order valence-corrected chi connectivity index (χ2v) is 4.77. The Bertz CT molecular complexity index is 584. The zero-order valence-corrected chi connectivity index (χ0v) is 11.4. The van der Waals surface area contributed by atoms with E-state index in [4.69, 9.17) is 45.9 Å². The topological polar surface area (TPSA) is 48.1 Å². The van der Waals surface area contributed by atoms with Crippen LogP contribution in [0.25, 0.3) is 0 Å². The quantitative estimate of drug-likeness (QED) is 0.875. The fourth-order valence-corrected chi connectivity index (χ4v) is 1.96. The van der Waals surface area contributed by atoms with Crippen LogP contribution in [-0.2, 0) is 0 Å². The molecule has 2 N–H and O–H groups in total. The van der Waals surface area contributed by atoms with Gasteiger partial charge in [-0.25, -0.2) is 4.98 Å². The molecule has 0 saturated heterocycles. The second kappa shape index (κ2) is 5.52. The van der Waals surface area contributed by atoms with E-state index in [1.807, 2.05) is 0 Å². The van der Waals surface area contributed by atoms with E-state index in [0.29, 0.717) is 27.2 Å². The van der Waals surface area contributed by atoms with Crippen LogP contribution >= 0.6 is 35.4 Å². The molecule has 0 unspecified atom stereocenters. The lowest BCUT2D eigenvalue weighted by Crippen LogP contribution is -2.09. The van der Waals surface area contributed by atoms with Crippen LogP contribution in [0.5, 0.6) is 11.6 Å². The maximum atomic E-state index is 5.87. The van der Waals surface area contributed by atoms with Crippen molar-refractivity contribution in [2.75, 3.05) is 0 Å². The maximum absolute atomic E-state index is 5.87. The third-order valence-corrected chi connectivity index (χ3v) is 2.75. The SMILES string of the molecule is NC(=S)c1ccnc(Oc2cc(Cl)cc(Cl)c2)c1. The Kier molecular flexibility index (Phi) is 4.01. The number of ether oxygens (including phenoxy) is 1. The Morgan fingerprint density at radius 3 is 2.44 bits per heavy atom. The average molecular weight is 299 g/mol. The highest BCUT2D eigenvalue weighted by Crippen LogP contribution is 2.27. The molecule has 0 aliphatic rings. The zero-order chi connectivity index (χ0) is 13.1. The van der Waals surface area contributed by atoms with E-state index in [1.54, 1.807) is 36.5 Å². The van der Waals surface area contributed by atoms with Crippen LogP contribution in [0.2, 0.25) is 10.0 Å². The van der Waals surface area contributed by atoms with Crippen molar-refractivity contribution in [3.05, 3.63) is 52.1 Å². The number of thiocarbonyl (C=S) groups is 1. The monoisotopic (exact) mass is 298 g/mol. The number of aromatic nitrogens is 1. The third kappa shape index (κ3) is 3.32. The first-order valence-corrected chi connectivity index (χ1v) is 6.11. The molecule has 0 saturated carbocycles. The molecule has 2 rings (SSSR count). The molecule has 0 atom stereocenters. The van der Waals surface area contributed by atoms with Crippen LogP contribution < -0.4 is 10.5 Å². The van der Waals surface area contributed by atoms with Crippen LogP contribution in [0, 0.1) is 0 Å². The van der Waals surface area contributed by atoms with E-state index in [0.717, 1.165) is 0 Å². The Labute approximate surface area is 119 Å². The van der Waals surface area contributed by atoms with Crippen molar-refractivity contribution in [1.29, 1.82) is 0 Å². The normalized spacial score (nSPS) is 10.1. The van der Waals surface area contributed by atoms with Gasteiger partial charge in [0.1, 0.15) is 10.7 Å². The molecule has 1 heterocycles. The molecule has 18 heavy (non-hydrogen) atoms. The smallest absolute Gasteiger partial charge is 0.219 e. The molecule has 0 aliphatic carbocycles. The first kappa shape index (κ1) is 13.1. The summed E-state index contributed by atoms with van der Waals surface area (Å²) < 4.78 is 5.54. The molecule has 0 radical (unpaired) electrons. The fourth-order valence-electron chi connectivity index (χ4n) is 1.33. The molecule has 3 nitrogen and oxygen atoms in total. The molecule has 2 aromatic rings. The van der Waals surface area contributed by atoms with Gasteiger partial charge in [0, 0.05) is 27.9 Å². The highest BCUT2D eigenvalue weighted by molar-refractivity contribution is 7.80. The van der Waals surface area contributed by atoms with Gasteiger partial charge in [-0.2, -0.15) is 0 Å². The zero-order valence-electron chi connectivity index (χ0n) is 9.06. The van der Waals surface area contributed by atoms with Crippen molar-refractivity contribution in [3.8, 4) is 11.6 Å².